The van der Waals surface area contributed by atoms with E-state index in [0.29, 0.717) is 29.7 Å². The number of anilines is 1. The van der Waals surface area contributed by atoms with E-state index in [0.717, 1.165) is 25.9 Å². The lowest BCUT2D eigenvalue weighted by atomic mass is 10.2. The minimum absolute atomic E-state index is 0.328. The minimum Gasteiger partial charge on any atom is -0.491 e. The van der Waals surface area contributed by atoms with Crippen LogP contribution in [0.3, 0.4) is 0 Å². The number of rotatable bonds is 4. The molecule has 1 heterocycles. The highest BCUT2D eigenvalue weighted by atomic mass is 16.5. The van der Waals surface area contributed by atoms with Crippen molar-refractivity contribution in [3.05, 3.63) is 23.8 Å². The molecule has 17 heavy (non-hydrogen) atoms. The second-order valence-electron chi connectivity index (χ2n) is 4.14. The molecular formula is C13H16N2O2. The van der Waals surface area contributed by atoms with Crippen molar-refractivity contribution in [2.24, 2.45) is 0 Å². The van der Waals surface area contributed by atoms with E-state index in [-0.39, 0.29) is 0 Å². The maximum atomic E-state index is 8.71. The van der Waals surface area contributed by atoms with Crippen LogP contribution in [0, 0.1) is 11.3 Å². The number of ether oxygens (including phenoxy) is 2. The average Bonchev–Trinajstić information content (AvgIpc) is 2.84. The van der Waals surface area contributed by atoms with E-state index in [9.17, 15) is 0 Å². The Morgan fingerprint density at radius 1 is 1.53 bits per heavy atom. The van der Waals surface area contributed by atoms with Crippen molar-refractivity contribution in [1.29, 1.82) is 5.26 Å². The smallest absolute Gasteiger partial charge is 0.142 e. The van der Waals surface area contributed by atoms with Crippen molar-refractivity contribution in [3.8, 4) is 11.8 Å². The Morgan fingerprint density at radius 3 is 3.06 bits per heavy atom. The molecule has 0 aliphatic carbocycles. The molecule has 1 aliphatic heterocycles. The standard InChI is InChI=1S/C13H16N2O2/c14-9-10-3-4-13(12(15)8-10)17-7-5-11-2-1-6-16-11/h3-4,8,11H,1-2,5-7,15H2. The van der Waals surface area contributed by atoms with E-state index in [1.54, 1.807) is 18.2 Å². The largest absolute Gasteiger partial charge is 0.491 e. The van der Waals surface area contributed by atoms with Crippen LogP contribution in [0.1, 0.15) is 24.8 Å². The van der Waals surface area contributed by atoms with Crippen LogP contribution in [0.4, 0.5) is 5.69 Å². The maximum absolute atomic E-state index is 8.71. The topological polar surface area (TPSA) is 68.3 Å². The molecular weight excluding hydrogens is 216 g/mol. The van der Waals surface area contributed by atoms with E-state index in [1.165, 1.54) is 0 Å². The third-order valence-corrected chi connectivity index (χ3v) is 2.86. The van der Waals surface area contributed by atoms with Crippen LogP contribution < -0.4 is 10.5 Å². The lowest BCUT2D eigenvalue weighted by Crippen LogP contribution is -2.11. The summed E-state index contributed by atoms with van der Waals surface area (Å²) in [6, 6.07) is 7.11. The van der Waals surface area contributed by atoms with Crippen molar-refractivity contribution < 1.29 is 9.47 Å². The molecule has 2 rings (SSSR count). The van der Waals surface area contributed by atoms with Gasteiger partial charge in [0.05, 0.1) is 30.0 Å². The highest BCUT2D eigenvalue weighted by molar-refractivity contribution is 5.56. The lowest BCUT2D eigenvalue weighted by molar-refractivity contribution is 0.0904. The van der Waals surface area contributed by atoms with Crippen molar-refractivity contribution >= 4 is 5.69 Å². The molecule has 0 aromatic heterocycles. The number of benzene rings is 1. The third kappa shape index (κ3) is 3.11. The van der Waals surface area contributed by atoms with Gasteiger partial charge in [0.1, 0.15) is 5.75 Å². The third-order valence-electron chi connectivity index (χ3n) is 2.86. The summed E-state index contributed by atoms with van der Waals surface area (Å²) in [7, 11) is 0. The quantitative estimate of drug-likeness (QED) is 0.807. The predicted molar refractivity (Wildman–Crippen MR) is 64.7 cm³/mol. The summed E-state index contributed by atoms with van der Waals surface area (Å²) >= 11 is 0. The lowest BCUT2D eigenvalue weighted by Gasteiger charge is -2.12. The van der Waals surface area contributed by atoms with E-state index in [2.05, 4.69) is 0 Å². The van der Waals surface area contributed by atoms with Gasteiger partial charge in [-0.3, -0.25) is 0 Å². The van der Waals surface area contributed by atoms with Gasteiger partial charge < -0.3 is 15.2 Å². The molecule has 1 fully saturated rings. The number of hydrogen-bond acceptors (Lipinski definition) is 4. The van der Waals surface area contributed by atoms with Gasteiger partial charge >= 0.3 is 0 Å². The van der Waals surface area contributed by atoms with Crippen LogP contribution >= 0.6 is 0 Å². The first-order chi connectivity index (χ1) is 8.29. The van der Waals surface area contributed by atoms with Crippen molar-refractivity contribution in [3.63, 3.8) is 0 Å². The zero-order valence-electron chi connectivity index (χ0n) is 9.69. The van der Waals surface area contributed by atoms with E-state index < -0.39 is 0 Å². The Bertz CT molecular complexity index is 420. The fraction of sp³-hybridized carbons (Fsp3) is 0.462. The van der Waals surface area contributed by atoms with Crippen molar-refractivity contribution in [1.82, 2.24) is 0 Å². The zero-order chi connectivity index (χ0) is 12.1. The first-order valence-corrected chi connectivity index (χ1v) is 5.83. The minimum atomic E-state index is 0.328. The molecule has 4 heteroatoms. The number of nitrogen functional groups attached to an aromatic ring is 1. The molecule has 1 aromatic rings. The maximum Gasteiger partial charge on any atom is 0.142 e. The Labute approximate surface area is 101 Å². The summed E-state index contributed by atoms with van der Waals surface area (Å²) in [6.07, 6.45) is 3.48. The molecule has 1 aromatic carbocycles. The normalized spacial score (nSPS) is 18.9. The fourth-order valence-electron chi connectivity index (χ4n) is 1.92. The molecule has 1 aliphatic rings. The Morgan fingerprint density at radius 2 is 2.41 bits per heavy atom. The summed E-state index contributed by atoms with van der Waals surface area (Å²) in [5, 5.41) is 8.71. The molecule has 0 amide bonds. The molecule has 0 bridgehead atoms. The summed E-state index contributed by atoms with van der Waals surface area (Å²) in [5.74, 6) is 0.641. The van der Waals surface area contributed by atoms with Gasteiger partial charge in [0, 0.05) is 13.0 Å². The highest BCUT2D eigenvalue weighted by Gasteiger charge is 2.15. The molecule has 90 valence electrons. The molecule has 0 saturated carbocycles. The van der Waals surface area contributed by atoms with Crippen molar-refractivity contribution in [2.75, 3.05) is 18.9 Å². The van der Waals surface area contributed by atoms with Gasteiger partial charge in [-0.15, -0.1) is 0 Å². The van der Waals surface area contributed by atoms with Gasteiger partial charge in [0.25, 0.3) is 0 Å². The van der Waals surface area contributed by atoms with E-state index in [1.807, 2.05) is 6.07 Å². The Balaban J connectivity index is 1.84. The van der Waals surface area contributed by atoms with Gasteiger partial charge in [-0.1, -0.05) is 0 Å². The van der Waals surface area contributed by atoms with Crippen LogP contribution in [0.15, 0.2) is 18.2 Å². The van der Waals surface area contributed by atoms with Gasteiger partial charge in [-0.2, -0.15) is 5.26 Å². The Kier molecular flexibility index (Phi) is 3.84. The molecule has 2 N–H and O–H groups in total. The SMILES string of the molecule is N#Cc1ccc(OCCC2CCCO2)c(N)c1. The zero-order valence-corrected chi connectivity index (χ0v) is 9.69. The summed E-state index contributed by atoms with van der Waals surface area (Å²) in [5.41, 5.74) is 6.84. The monoisotopic (exact) mass is 232 g/mol. The summed E-state index contributed by atoms with van der Waals surface area (Å²) in [6.45, 7) is 1.46. The highest BCUT2D eigenvalue weighted by Crippen LogP contribution is 2.23. The van der Waals surface area contributed by atoms with Gasteiger partial charge in [-0.25, -0.2) is 0 Å². The van der Waals surface area contributed by atoms with Crippen LogP contribution in [0.5, 0.6) is 5.75 Å². The number of hydrogen-bond donors (Lipinski definition) is 1. The van der Waals surface area contributed by atoms with Crippen LogP contribution in [-0.4, -0.2) is 19.3 Å². The van der Waals surface area contributed by atoms with Gasteiger partial charge in [0.2, 0.25) is 0 Å². The molecule has 1 atom stereocenters. The first kappa shape index (κ1) is 11.7. The van der Waals surface area contributed by atoms with Gasteiger partial charge in [0.15, 0.2) is 0 Å². The molecule has 1 unspecified atom stereocenters. The molecule has 4 nitrogen and oxygen atoms in total. The van der Waals surface area contributed by atoms with E-state index >= 15 is 0 Å². The fourth-order valence-corrected chi connectivity index (χ4v) is 1.92. The second kappa shape index (κ2) is 5.55. The summed E-state index contributed by atoms with van der Waals surface area (Å²) < 4.78 is 11.1. The van der Waals surface area contributed by atoms with Gasteiger partial charge in [-0.05, 0) is 31.0 Å². The van der Waals surface area contributed by atoms with Crippen molar-refractivity contribution in [2.45, 2.75) is 25.4 Å². The van der Waals surface area contributed by atoms with Crippen LogP contribution in [-0.2, 0) is 4.74 Å². The Hall–Kier alpha value is -1.73. The van der Waals surface area contributed by atoms with Crippen LogP contribution in [0.2, 0.25) is 0 Å². The summed E-state index contributed by atoms with van der Waals surface area (Å²) in [4.78, 5) is 0. The molecule has 0 radical (unpaired) electrons. The second-order valence-corrected chi connectivity index (χ2v) is 4.14. The number of nitrogens with zero attached hydrogens (tertiary/aromatic N) is 1. The average molecular weight is 232 g/mol. The predicted octanol–water partition coefficient (Wildman–Crippen LogP) is 2.09. The molecule has 1 saturated heterocycles. The van der Waals surface area contributed by atoms with Crippen LogP contribution in [0.25, 0.3) is 0 Å². The van der Waals surface area contributed by atoms with E-state index in [4.69, 9.17) is 20.5 Å². The first-order valence-electron chi connectivity index (χ1n) is 5.83. The number of nitrogens with two attached hydrogens (primary N) is 1. The molecule has 0 spiro atoms. The number of nitriles is 1.